The molecule has 3 amide bonds. The predicted molar refractivity (Wildman–Crippen MR) is 123 cm³/mol. The van der Waals surface area contributed by atoms with Crippen molar-refractivity contribution < 1.29 is 22.7 Å². The molecular weight excluding hydrogens is 432 g/mol. The molecule has 10 heteroatoms. The maximum atomic E-state index is 13.0. The van der Waals surface area contributed by atoms with Gasteiger partial charge in [-0.05, 0) is 55.3 Å². The molecule has 1 saturated heterocycles. The van der Waals surface area contributed by atoms with E-state index in [4.69, 9.17) is 4.74 Å². The summed E-state index contributed by atoms with van der Waals surface area (Å²) in [6.07, 6.45) is 3.18. The van der Waals surface area contributed by atoms with Gasteiger partial charge in [0.05, 0.1) is 7.11 Å². The molecule has 0 radical (unpaired) electrons. The molecule has 0 aromatic heterocycles. The number of urea groups is 1. The summed E-state index contributed by atoms with van der Waals surface area (Å²) in [6.45, 7) is 4.78. The first-order chi connectivity index (χ1) is 15.3. The average molecular weight is 459 g/mol. The highest BCUT2D eigenvalue weighted by Crippen LogP contribution is 2.30. The Bertz CT molecular complexity index is 1090. The van der Waals surface area contributed by atoms with Crippen LogP contribution in [0.3, 0.4) is 0 Å². The van der Waals surface area contributed by atoms with E-state index in [0.29, 0.717) is 31.0 Å². The third-order valence-corrected chi connectivity index (χ3v) is 6.84. The van der Waals surface area contributed by atoms with Crippen molar-refractivity contribution in [2.75, 3.05) is 37.4 Å². The highest BCUT2D eigenvalue weighted by molar-refractivity contribution is 7.89. The number of amides is 3. The summed E-state index contributed by atoms with van der Waals surface area (Å²) in [5.74, 6) is -0.270. The first-order valence-electron chi connectivity index (χ1n) is 10.1. The van der Waals surface area contributed by atoms with E-state index in [0.717, 1.165) is 12.8 Å². The van der Waals surface area contributed by atoms with E-state index in [1.807, 2.05) is 0 Å². The lowest BCUT2D eigenvalue weighted by Gasteiger charge is -2.18. The summed E-state index contributed by atoms with van der Waals surface area (Å²) in [7, 11) is -2.36. The minimum absolute atomic E-state index is 0.0281. The fourth-order valence-electron chi connectivity index (χ4n) is 3.27. The van der Waals surface area contributed by atoms with Crippen LogP contribution in [-0.2, 0) is 10.0 Å². The van der Waals surface area contributed by atoms with Crippen LogP contribution in [0.1, 0.15) is 23.2 Å². The van der Waals surface area contributed by atoms with Gasteiger partial charge in [-0.3, -0.25) is 4.79 Å². The lowest BCUT2D eigenvalue weighted by atomic mass is 10.2. The molecule has 1 aliphatic heterocycles. The third kappa shape index (κ3) is 5.45. The van der Waals surface area contributed by atoms with Gasteiger partial charge in [0.25, 0.3) is 5.91 Å². The van der Waals surface area contributed by atoms with Crippen molar-refractivity contribution in [3.8, 4) is 5.75 Å². The molecule has 2 aromatic rings. The monoisotopic (exact) mass is 458 g/mol. The van der Waals surface area contributed by atoms with Gasteiger partial charge in [-0.2, -0.15) is 4.31 Å². The standard InChI is InChI=1S/C22H26N4O5S/c1-3-12-23-22(28)25-18-9-7-17(8-10-18)24-21(27)16-6-11-19(31-2)20(15-16)32(29,30)26-13-4-5-14-26/h3,6-11,15H,1,4-5,12-14H2,2H3,(H,24,27)(H2,23,25,28). The summed E-state index contributed by atoms with van der Waals surface area (Å²) in [5.41, 5.74) is 1.23. The van der Waals surface area contributed by atoms with E-state index in [2.05, 4.69) is 22.5 Å². The molecule has 0 bridgehead atoms. The summed E-state index contributed by atoms with van der Waals surface area (Å²) < 4.78 is 32.7. The molecule has 0 atom stereocenters. The summed E-state index contributed by atoms with van der Waals surface area (Å²) >= 11 is 0. The van der Waals surface area contributed by atoms with Gasteiger partial charge in [0.15, 0.2) is 0 Å². The Labute approximate surface area is 187 Å². The molecule has 0 aliphatic carbocycles. The smallest absolute Gasteiger partial charge is 0.319 e. The summed E-state index contributed by atoms with van der Waals surface area (Å²) in [4.78, 5) is 24.4. The number of anilines is 2. The van der Waals surface area contributed by atoms with E-state index in [1.54, 1.807) is 30.3 Å². The first kappa shape index (κ1) is 23.3. The van der Waals surface area contributed by atoms with Crippen molar-refractivity contribution in [2.45, 2.75) is 17.7 Å². The van der Waals surface area contributed by atoms with Gasteiger partial charge in [0.1, 0.15) is 10.6 Å². The second-order valence-corrected chi connectivity index (χ2v) is 9.04. The Balaban J connectivity index is 1.74. The van der Waals surface area contributed by atoms with Crippen molar-refractivity contribution in [1.29, 1.82) is 0 Å². The minimum Gasteiger partial charge on any atom is -0.495 e. The fourth-order valence-corrected chi connectivity index (χ4v) is 4.97. The minimum atomic E-state index is -3.76. The largest absolute Gasteiger partial charge is 0.495 e. The maximum absolute atomic E-state index is 13.0. The number of nitrogens with one attached hydrogen (secondary N) is 3. The number of carbonyl (C=O) groups excluding carboxylic acids is 2. The Morgan fingerprint density at radius 1 is 1.06 bits per heavy atom. The lowest BCUT2D eigenvalue weighted by molar-refractivity contribution is 0.102. The number of benzene rings is 2. The first-order valence-corrected chi connectivity index (χ1v) is 11.5. The number of ether oxygens (including phenoxy) is 1. The lowest BCUT2D eigenvalue weighted by Crippen LogP contribution is -2.28. The Morgan fingerprint density at radius 2 is 1.69 bits per heavy atom. The number of hydrogen-bond acceptors (Lipinski definition) is 5. The quantitative estimate of drug-likeness (QED) is 0.526. The van der Waals surface area contributed by atoms with Crippen molar-refractivity contribution in [3.05, 3.63) is 60.7 Å². The van der Waals surface area contributed by atoms with Crippen LogP contribution in [0.2, 0.25) is 0 Å². The molecule has 0 saturated carbocycles. The molecule has 1 fully saturated rings. The van der Waals surface area contributed by atoms with Gasteiger partial charge < -0.3 is 20.7 Å². The van der Waals surface area contributed by atoms with E-state index in [-0.39, 0.29) is 22.2 Å². The SMILES string of the molecule is C=CCNC(=O)Nc1ccc(NC(=O)c2ccc(OC)c(S(=O)(=O)N3CCCC3)c2)cc1. The Hall–Kier alpha value is -3.37. The molecule has 3 N–H and O–H groups in total. The predicted octanol–water partition coefficient (Wildman–Crippen LogP) is 3.04. The van der Waals surface area contributed by atoms with Crippen LogP contribution in [0.5, 0.6) is 5.75 Å². The van der Waals surface area contributed by atoms with Crippen LogP contribution in [-0.4, -0.2) is 51.4 Å². The molecule has 2 aromatic carbocycles. The zero-order valence-electron chi connectivity index (χ0n) is 17.8. The maximum Gasteiger partial charge on any atom is 0.319 e. The molecule has 0 spiro atoms. The Morgan fingerprint density at radius 3 is 2.28 bits per heavy atom. The molecule has 3 rings (SSSR count). The van der Waals surface area contributed by atoms with Gasteiger partial charge in [0.2, 0.25) is 10.0 Å². The van der Waals surface area contributed by atoms with E-state index in [1.165, 1.54) is 29.6 Å². The van der Waals surface area contributed by atoms with Crippen molar-refractivity contribution in [3.63, 3.8) is 0 Å². The number of methoxy groups -OCH3 is 1. The van der Waals surface area contributed by atoms with E-state index < -0.39 is 15.9 Å². The molecular formula is C22H26N4O5S. The molecule has 9 nitrogen and oxygen atoms in total. The number of nitrogens with zero attached hydrogens (tertiary/aromatic N) is 1. The van der Waals surface area contributed by atoms with Crippen LogP contribution in [0.4, 0.5) is 16.2 Å². The van der Waals surface area contributed by atoms with Crippen LogP contribution >= 0.6 is 0 Å². The van der Waals surface area contributed by atoms with Gasteiger partial charge in [-0.15, -0.1) is 6.58 Å². The average Bonchev–Trinajstić information content (AvgIpc) is 3.34. The topological polar surface area (TPSA) is 117 Å². The molecule has 32 heavy (non-hydrogen) atoms. The van der Waals surface area contributed by atoms with Gasteiger partial charge in [0, 0.05) is 36.6 Å². The summed E-state index contributed by atoms with van der Waals surface area (Å²) in [5, 5.41) is 7.98. The normalized spacial score (nSPS) is 13.9. The zero-order valence-corrected chi connectivity index (χ0v) is 18.6. The number of hydrogen-bond donors (Lipinski definition) is 3. The molecule has 170 valence electrons. The molecule has 1 aliphatic rings. The van der Waals surface area contributed by atoms with E-state index >= 15 is 0 Å². The van der Waals surface area contributed by atoms with Crippen LogP contribution in [0, 0.1) is 0 Å². The number of sulfonamides is 1. The van der Waals surface area contributed by atoms with E-state index in [9.17, 15) is 18.0 Å². The van der Waals surface area contributed by atoms with Gasteiger partial charge in [-0.25, -0.2) is 13.2 Å². The Kier molecular flexibility index (Phi) is 7.49. The van der Waals surface area contributed by atoms with Crippen molar-refractivity contribution >= 4 is 33.3 Å². The number of rotatable bonds is 8. The third-order valence-electron chi connectivity index (χ3n) is 4.92. The highest BCUT2D eigenvalue weighted by atomic mass is 32.2. The highest BCUT2D eigenvalue weighted by Gasteiger charge is 2.30. The fraction of sp³-hybridized carbons (Fsp3) is 0.273. The second-order valence-electron chi connectivity index (χ2n) is 7.13. The molecule has 0 unspecified atom stereocenters. The van der Waals surface area contributed by atoms with Crippen molar-refractivity contribution in [1.82, 2.24) is 9.62 Å². The zero-order chi connectivity index (χ0) is 23.1. The number of carbonyl (C=O) groups is 2. The van der Waals surface area contributed by atoms with Crippen LogP contribution < -0.4 is 20.7 Å². The van der Waals surface area contributed by atoms with Gasteiger partial charge in [-0.1, -0.05) is 6.08 Å². The van der Waals surface area contributed by atoms with Crippen LogP contribution in [0.15, 0.2) is 60.0 Å². The second kappa shape index (κ2) is 10.3. The van der Waals surface area contributed by atoms with Crippen LogP contribution in [0.25, 0.3) is 0 Å². The van der Waals surface area contributed by atoms with Gasteiger partial charge >= 0.3 is 6.03 Å². The molecule has 1 heterocycles. The van der Waals surface area contributed by atoms with Crippen molar-refractivity contribution in [2.24, 2.45) is 0 Å². The summed E-state index contributed by atoms with van der Waals surface area (Å²) in [6, 6.07) is 10.5.